The Morgan fingerprint density at radius 2 is 2.04 bits per heavy atom. The highest BCUT2D eigenvalue weighted by Gasteiger charge is 2.51. The molecule has 3 aliphatic rings. The number of ether oxygens (including phenoxy) is 1. The van der Waals surface area contributed by atoms with Gasteiger partial charge in [-0.3, -0.25) is 9.69 Å². The molecule has 5 unspecified atom stereocenters. The standard InChI is InChI=1S/C21H26N2O3/c1-26-21(25)18-13-8-10-23-11-9-14-12-4-2-3-5-16(12)22-19(14)20(23)15(13)6-7-17(18)24/h2-5,13,15,17-18,20,22,24H,6-11H2,1H3. The molecule has 1 saturated carbocycles. The van der Waals surface area contributed by atoms with E-state index in [1.54, 1.807) is 0 Å². The number of piperidine rings is 1. The average Bonchev–Trinajstić information content (AvgIpc) is 3.05. The van der Waals surface area contributed by atoms with Gasteiger partial charge in [0, 0.05) is 23.1 Å². The fourth-order valence-electron chi connectivity index (χ4n) is 5.93. The number of carbonyl (C=O) groups excluding carboxylic acids is 1. The first kappa shape index (κ1) is 16.3. The summed E-state index contributed by atoms with van der Waals surface area (Å²) in [7, 11) is 1.43. The summed E-state index contributed by atoms with van der Waals surface area (Å²) >= 11 is 0. The van der Waals surface area contributed by atoms with Crippen molar-refractivity contribution in [1.29, 1.82) is 0 Å². The van der Waals surface area contributed by atoms with E-state index in [-0.39, 0.29) is 17.8 Å². The summed E-state index contributed by atoms with van der Waals surface area (Å²) in [5, 5.41) is 11.8. The number of aromatic amines is 1. The van der Waals surface area contributed by atoms with Gasteiger partial charge in [0.05, 0.1) is 25.2 Å². The summed E-state index contributed by atoms with van der Waals surface area (Å²) in [5.74, 6) is -0.0304. The maximum Gasteiger partial charge on any atom is 0.311 e. The zero-order valence-electron chi connectivity index (χ0n) is 15.1. The van der Waals surface area contributed by atoms with Crippen molar-refractivity contribution in [3.8, 4) is 0 Å². The van der Waals surface area contributed by atoms with Crippen LogP contribution in [0.25, 0.3) is 10.9 Å². The average molecular weight is 354 g/mol. The molecule has 0 bridgehead atoms. The lowest BCUT2D eigenvalue weighted by Gasteiger charge is -2.52. The van der Waals surface area contributed by atoms with Crippen LogP contribution < -0.4 is 0 Å². The molecule has 3 heterocycles. The Morgan fingerprint density at radius 1 is 1.19 bits per heavy atom. The second kappa shape index (κ2) is 6.10. The van der Waals surface area contributed by atoms with Gasteiger partial charge >= 0.3 is 5.97 Å². The van der Waals surface area contributed by atoms with Crippen LogP contribution in [0.2, 0.25) is 0 Å². The number of H-pyrrole nitrogens is 1. The zero-order chi connectivity index (χ0) is 17.8. The second-order valence-electron chi connectivity index (χ2n) is 8.10. The summed E-state index contributed by atoms with van der Waals surface area (Å²) in [6.07, 6.45) is 3.13. The molecular formula is C21H26N2O3. The van der Waals surface area contributed by atoms with Gasteiger partial charge in [0.15, 0.2) is 0 Å². The van der Waals surface area contributed by atoms with E-state index in [1.165, 1.54) is 29.3 Å². The van der Waals surface area contributed by atoms with Crippen molar-refractivity contribution >= 4 is 16.9 Å². The number of aliphatic hydroxyl groups excluding tert-OH is 1. The molecule has 1 aliphatic carbocycles. The predicted octanol–water partition coefficient (Wildman–Crippen LogP) is 2.65. The number of aliphatic hydroxyl groups is 1. The Kier molecular flexibility index (Phi) is 3.83. The number of rotatable bonds is 1. The predicted molar refractivity (Wildman–Crippen MR) is 98.7 cm³/mol. The van der Waals surface area contributed by atoms with Gasteiger partial charge in [-0.25, -0.2) is 0 Å². The van der Waals surface area contributed by atoms with Gasteiger partial charge in [0.2, 0.25) is 0 Å². The number of nitrogens with zero attached hydrogens (tertiary/aromatic N) is 1. The van der Waals surface area contributed by atoms with E-state index in [1.807, 2.05) is 0 Å². The number of hydrogen-bond donors (Lipinski definition) is 2. The van der Waals surface area contributed by atoms with E-state index >= 15 is 0 Å². The van der Waals surface area contributed by atoms with Crippen LogP contribution in [0.15, 0.2) is 24.3 Å². The minimum absolute atomic E-state index is 0.199. The van der Waals surface area contributed by atoms with E-state index in [9.17, 15) is 9.90 Å². The fraction of sp³-hybridized carbons (Fsp3) is 0.571. The zero-order valence-corrected chi connectivity index (χ0v) is 15.1. The molecule has 5 rings (SSSR count). The number of para-hydroxylation sites is 1. The van der Waals surface area contributed by atoms with Crippen molar-refractivity contribution in [3.05, 3.63) is 35.5 Å². The SMILES string of the molecule is COC(=O)C1C(O)CCC2C1CCN1CCc3c([nH]c4ccccc34)C21. The molecular weight excluding hydrogens is 328 g/mol. The Labute approximate surface area is 153 Å². The number of benzene rings is 1. The molecule has 1 aromatic carbocycles. The molecule has 26 heavy (non-hydrogen) atoms. The van der Waals surface area contributed by atoms with Crippen molar-refractivity contribution in [2.75, 3.05) is 20.2 Å². The number of methoxy groups -OCH3 is 1. The van der Waals surface area contributed by atoms with Gasteiger partial charge in [-0.15, -0.1) is 0 Å². The molecule has 0 spiro atoms. The van der Waals surface area contributed by atoms with E-state index in [2.05, 4.69) is 34.1 Å². The number of carbonyl (C=O) groups is 1. The highest BCUT2D eigenvalue weighted by atomic mass is 16.5. The molecule has 1 saturated heterocycles. The van der Waals surface area contributed by atoms with Crippen LogP contribution >= 0.6 is 0 Å². The summed E-state index contributed by atoms with van der Waals surface area (Å²) < 4.78 is 5.04. The van der Waals surface area contributed by atoms with Crippen LogP contribution in [-0.2, 0) is 16.0 Å². The number of esters is 1. The molecule has 5 nitrogen and oxygen atoms in total. The molecule has 0 amide bonds. The summed E-state index contributed by atoms with van der Waals surface area (Å²) in [5.41, 5.74) is 4.00. The number of hydrogen-bond acceptors (Lipinski definition) is 4. The van der Waals surface area contributed by atoms with Gasteiger partial charge in [-0.2, -0.15) is 0 Å². The second-order valence-corrected chi connectivity index (χ2v) is 8.10. The summed E-state index contributed by atoms with van der Waals surface area (Å²) in [6.45, 7) is 2.06. The number of nitrogens with one attached hydrogen (secondary N) is 1. The lowest BCUT2D eigenvalue weighted by atomic mass is 9.63. The topological polar surface area (TPSA) is 65.6 Å². The Hall–Kier alpha value is -1.85. The first-order valence-electron chi connectivity index (χ1n) is 9.78. The first-order chi connectivity index (χ1) is 12.7. The number of aromatic nitrogens is 1. The van der Waals surface area contributed by atoms with Crippen molar-refractivity contribution in [1.82, 2.24) is 9.88 Å². The fourth-order valence-corrected chi connectivity index (χ4v) is 5.93. The van der Waals surface area contributed by atoms with Gasteiger partial charge in [-0.1, -0.05) is 18.2 Å². The highest BCUT2D eigenvalue weighted by Crippen LogP contribution is 2.51. The minimum Gasteiger partial charge on any atom is -0.469 e. The first-order valence-corrected chi connectivity index (χ1v) is 9.78. The maximum atomic E-state index is 12.4. The van der Waals surface area contributed by atoms with Crippen LogP contribution in [-0.4, -0.2) is 47.3 Å². The van der Waals surface area contributed by atoms with E-state index in [0.29, 0.717) is 18.4 Å². The Morgan fingerprint density at radius 3 is 2.88 bits per heavy atom. The molecule has 2 N–H and O–H groups in total. The van der Waals surface area contributed by atoms with Crippen molar-refractivity contribution in [3.63, 3.8) is 0 Å². The third kappa shape index (κ3) is 2.26. The summed E-state index contributed by atoms with van der Waals surface area (Å²) in [4.78, 5) is 18.7. The van der Waals surface area contributed by atoms with Crippen LogP contribution in [0.1, 0.15) is 36.6 Å². The van der Waals surface area contributed by atoms with Crippen LogP contribution in [0.4, 0.5) is 0 Å². The lowest BCUT2D eigenvalue weighted by Crippen LogP contribution is -2.53. The van der Waals surface area contributed by atoms with Crippen molar-refractivity contribution < 1.29 is 14.6 Å². The third-order valence-electron chi connectivity index (χ3n) is 7.03. The van der Waals surface area contributed by atoms with Crippen molar-refractivity contribution in [2.45, 2.75) is 37.8 Å². The molecule has 2 aliphatic heterocycles. The van der Waals surface area contributed by atoms with Crippen LogP contribution in [0.3, 0.4) is 0 Å². The molecule has 0 radical (unpaired) electrons. The monoisotopic (exact) mass is 354 g/mol. The van der Waals surface area contributed by atoms with Crippen LogP contribution in [0, 0.1) is 17.8 Å². The van der Waals surface area contributed by atoms with E-state index < -0.39 is 6.10 Å². The Balaban J connectivity index is 1.57. The molecule has 5 heteroatoms. The minimum atomic E-state index is -0.568. The van der Waals surface area contributed by atoms with Crippen molar-refractivity contribution in [2.24, 2.45) is 17.8 Å². The van der Waals surface area contributed by atoms with Gasteiger partial charge < -0.3 is 14.8 Å². The highest BCUT2D eigenvalue weighted by molar-refractivity contribution is 5.85. The van der Waals surface area contributed by atoms with E-state index in [0.717, 1.165) is 32.4 Å². The normalized spacial score (nSPS) is 34.0. The molecule has 5 atom stereocenters. The summed E-state index contributed by atoms with van der Waals surface area (Å²) in [6, 6.07) is 8.87. The van der Waals surface area contributed by atoms with Gasteiger partial charge in [0.1, 0.15) is 0 Å². The lowest BCUT2D eigenvalue weighted by molar-refractivity contribution is -0.161. The molecule has 2 fully saturated rings. The Bertz CT molecular complexity index is 845. The molecule has 138 valence electrons. The van der Waals surface area contributed by atoms with Gasteiger partial charge in [-0.05, 0) is 55.7 Å². The molecule has 1 aromatic heterocycles. The smallest absolute Gasteiger partial charge is 0.311 e. The largest absolute Gasteiger partial charge is 0.469 e. The number of fused-ring (bicyclic) bond motifs is 7. The maximum absolute atomic E-state index is 12.4. The van der Waals surface area contributed by atoms with E-state index in [4.69, 9.17) is 4.74 Å². The molecule has 2 aromatic rings. The third-order valence-corrected chi connectivity index (χ3v) is 7.03. The van der Waals surface area contributed by atoms with Crippen LogP contribution in [0.5, 0.6) is 0 Å². The van der Waals surface area contributed by atoms with Gasteiger partial charge in [0.25, 0.3) is 0 Å². The quantitative estimate of drug-likeness (QED) is 0.773.